The van der Waals surface area contributed by atoms with Crippen LogP contribution in [0.1, 0.15) is 6.23 Å². The smallest absolute Gasteiger partial charge is 0.351 e. The van der Waals surface area contributed by atoms with Gasteiger partial charge in [-0.3, -0.25) is 4.57 Å². The van der Waals surface area contributed by atoms with Gasteiger partial charge in [-0.2, -0.15) is 4.98 Å². The fourth-order valence-electron chi connectivity index (χ4n) is 1.86. The molecule has 0 bridgehead atoms. The topological polar surface area (TPSA) is 160 Å². The zero-order chi connectivity index (χ0) is 14.9. The SMILES string of the molecule is Nc1ccn([C@@H]2O[C@H](COP(O)O)C(O)C2O)c(=O)n1. The van der Waals surface area contributed by atoms with Gasteiger partial charge in [-0.1, -0.05) is 0 Å². The first-order valence-corrected chi connectivity index (χ1v) is 6.73. The van der Waals surface area contributed by atoms with Crippen molar-refractivity contribution in [1.82, 2.24) is 9.55 Å². The number of aromatic nitrogens is 2. The van der Waals surface area contributed by atoms with Crippen LogP contribution in [-0.2, 0) is 9.26 Å². The average molecular weight is 307 g/mol. The first-order chi connectivity index (χ1) is 9.40. The van der Waals surface area contributed by atoms with Gasteiger partial charge in [-0.15, -0.1) is 0 Å². The van der Waals surface area contributed by atoms with Crippen molar-refractivity contribution < 1.29 is 29.3 Å². The number of ether oxygens (including phenoxy) is 1. The van der Waals surface area contributed by atoms with Crippen LogP contribution in [0.15, 0.2) is 17.1 Å². The quantitative estimate of drug-likeness (QED) is 0.384. The van der Waals surface area contributed by atoms with Crippen LogP contribution in [0.25, 0.3) is 0 Å². The van der Waals surface area contributed by atoms with Crippen molar-refractivity contribution in [3.8, 4) is 0 Å². The highest BCUT2D eigenvalue weighted by molar-refractivity contribution is 7.39. The number of nitrogens with zero attached hydrogens (tertiary/aromatic N) is 2. The Morgan fingerprint density at radius 1 is 1.45 bits per heavy atom. The summed E-state index contributed by atoms with van der Waals surface area (Å²) in [6.45, 7) is -0.343. The third-order valence-corrected chi connectivity index (χ3v) is 3.20. The Bertz CT molecular complexity index is 525. The van der Waals surface area contributed by atoms with Crippen LogP contribution >= 0.6 is 8.60 Å². The summed E-state index contributed by atoms with van der Waals surface area (Å²) in [5.74, 6) is 0.0189. The highest BCUT2D eigenvalue weighted by Gasteiger charge is 2.44. The minimum absolute atomic E-state index is 0.0189. The van der Waals surface area contributed by atoms with E-state index >= 15 is 0 Å². The van der Waals surface area contributed by atoms with Crippen molar-refractivity contribution in [3.05, 3.63) is 22.7 Å². The Labute approximate surface area is 114 Å². The van der Waals surface area contributed by atoms with E-state index in [1.807, 2.05) is 0 Å². The van der Waals surface area contributed by atoms with Crippen molar-refractivity contribution in [2.75, 3.05) is 12.3 Å². The fourth-order valence-corrected chi connectivity index (χ4v) is 2.14. The molecule has 1 aromatic rings. The number of nitrogens with two attached hydrogens (primary N) is 1. The molecule has 2 rings (SSSR count). The molecular formula is C9H14N3O7P. The Morgan fingerprint density at radius 2 is 2.15 bits per heavy atom. The molecule has 11 heteroatoms. The Kier molecular flexibility index (Phi) is 4.66. The number of aliphatic hydroxyl groups is 2. The Morgan fingerprint density at radius 3 is 2.75 bits per heavy atom. The lowest BCUT2D eigenvalue weighted by Crippen LogP contribution is -2.36. The van der Waals surface area contributed by atoms with E-state index in [-0.39, 0.29) is 12.4 Å². The van der Waals surface area contributed by atoms with Crippen LogP contribution in [0.2, 0.25) is 0 Å². The Balaban J connectivity index is 2.15. The van der Waals surface area contributed by atoms with Crippen LogP contribution in [0.5, 0.6) is 0 Å². The minimum Gasteiger partial charge on any atom is -0.387 e. The summed E-state index contributed by atoms with van der Waals surface area (Å²) in [5, 5.41) is 19.6. The molecule has 2 unspecified atom stereocenters. The fraction of sp³-hybridized carbons (Fsp3) is 0.556. The van der Waals surface area contributed by atoms with E-state index in [0.717, 1.165) is 4.57 Å². The molecule has 0 aliphatic carbocycles. The molecule has 20 heavy (non-hydrogen) atoms. The van der Waals surface area contributed by atoms with Crippen molar-refractivity contribution in [1.29, 1.82) is 0 Å². The average Bonchev–Trinajstić information content (AvgIpc) is 2.64. The molecular weight excluding hydrogens is 293 g/mol. The first kappa shape index (κ1) is 15.3. The maximum atomic E-state index is 11.6. The predicted molar refractivity (Wildman–Crippen MR) is 66.1 cm³/mol. The van der Waals surface area contributed by atoms with E-state index in [1.54, 1.807) is 0 Å². The predicted octanol–water partition coefficient (Wildman–Crippen LogP) is -2.33. The van der Waals surface area contributed by atoms with Gasteiger partial charge in [-0.25, -0.2) is 4.79 Å². The molecule has 0 aromatic carbocycles. The molecule has 1 fully saturated rings. The van der Waals surface area contributed by atoms with Gasteiger partial charge in [0.1, 0.15) is 24.1 Å². The lowest BCUT2D eigenvalue weighted by Gasteiger charge is -2.16. The molecule has 112 valence electrons. The normalized spacial score (nSPS) is 30.1. The van der Waals surface area contributed by atoms with E-state index in [1.165, 1.54) is 12.3 Å². The molecule has 10 nitrogen and oxygen atoms in total. The third-order valence-electron chi connectivity index (χ3n) is 2.82. The van der Waals surface area contributed by atoms with Gasteiger partial charge in [-0.05, 0) is 6.07 Å². The standard InChI is InChI=1S/C9H14N3O7P/c10-5-1-2-12(9(15)11-5)8-7(14)6(13)4(19-8)3-18-20(16)17/h1-2,4,6-8,13-14,16-17H,3H2,(H2,10,11,15)/t4-,6?,7?,8-/m1/s1. The molecule has 0 spiro atoms. The Hall–Kier alpha value is -1.13. The summed E-state index contributed by atoms with van der Waals surface area (Å²) in [6, 6.07) is 1.34. The van der Waals surface area contributed by atoms with Gasteiger partial charge in [0.15, 0.2) is 6.23 Å². The molecule has 1 aliphatic heterocycles. The molecule has 1 saturated heterocycles. The van der Waals surface area contributed by atoms with Crippen LogP contribution in [-0.4, -0.2) is 54.5 Å². The van der Waals surface area contributed by atoms with Crippen LogP contribution in [0.3, 0.4) is 0 Å². The van der Waals surface area contributed by atoms with Gasteiger partial charge in [0.25, 0.3) is 0 Å². The van der Waals surface area contributed by atoms with Crippen LogP contribution < -0.4 is 11.4 Å². The zero-order valence-electron chi connectivity index (χ0n) is 10.1. The van der Waals surface area contributed by atoms with Crippen LogP contribution in [0.4, 0.5) is 5.82 Å². The minimum atomic E-state index is -2.60. The molecule has 0 radical (unpaired) electrons. The lowest BCUT2D eigenvalue weighted by atomic mass is 10.1. The van der Waals surface area contributed by atoms with Gasteiger partial charge < -0.3 is 35.0 Å². The number of hydrogen-bond donors (Lipinski definition) is 5. The second-order valence-corrected chi connectivity index (χ2v) is 4.90. The maximum Gasteiger partial charge on any atom is 0.351 e. The zero-order valence-corrected chi connectivity index (χ0v) is 11.0. The van der Waals surface area contributed by atoms with Crippen molar-refractivity contribution in [2.24, 2.45) is 0 Å². The summed E-state index contributed by atoms with van der Waals surface area (Å²) in [6.07, 6.45) is -3.64. The molecule has 1 aromatic heterocycles. The number of aliphatic hydroxyl groups excluding tert-OH is 2. The molecule has 0 amide bonds. The number of anilines is 1. The van der Waals surface area contributed by atoms with Gasteiger partial charge in [0, 0.05) is 6.20 Å². The summed E-state index contributed by atoms with van der Waals surface area (Å²) in [5.41, 5.74) is 4.60. The van der Waals surface area contributed by atoms with Gasteiger partial charge in [0.05, 0.1) is 6.61 Å². The second kappa shape index (κ2) is 6.10. The van der Waals surface area contributed by atoms with Crippen molar-refractivity contribution in [2.45, 2.75) is 24.5 Å². The van der Waals surface area contributed by atoms with Gasteiger partial charge in [0.2, 0.25) is 0 Å². The number of rotatable bonds is 4. The maximum absolute atomic E-state index is 11.6. The van der Waals surface area contributed by atoms with Crippen LogP contribution in [0, 0.1) is 0 Å². The molecule has 4 atom stereocenters. The van der Waals surface area contributed by atoms with E-state index < -0.39 is 38.8 Å². The highest BCUT2D eigenvalue weighted by atomic mass is 31.2. The highest BCUT2D eigenvalue weighted by Crippen LogP contribution is 2.32. The summed E-state index contributed by atoms with van der Waals surface area (Å²) < 4.78 is 10.8. The monoisotopic (exact) mass is 307 g/mol. The molecule has 6 N–H and O–H groups in total. The number of nitrogen functional groups attached to an aromatic ring is 1. The summed E-state index contributed by atoms with van der Waals surface area (Å²) in [7, 11) is -2.60. The van der Waals surface area contributed by atoms with Crippen molar-refractivity contribution in [3.63, 3.8) is 0 Å². The molecule has 1 aliphatic rings. The van der Waals surface area contributed by atoms with E-state index in [0.29, 0.717) is 0 Å². The van der Waals surface area contributed by atoms with Gasteiger partial charge >= 0.3 is 14.3 Å². The number of hydrogen-bond acceptors (Lipinski definition) is 9. The van der Waals surface area contributed by atoms with E-state index in [4.69, 9.17) is 20.3 Å². The second-order valence-electron chi connectivity index (χ2n) is 4.14. The summed E-state index contributed by atoms with van der Waals surface area (Å²) >= 11 is 0. The van der Waals surface area contributed by atoms with E-state index in [2.05, 4.69) is 9.51 Å². The molecule has 2 heterocycles. The first-order valence-electron chi connectivity index (χ1n) is 5.57. The van der Waals surface area contributed by atoms with E-state index in [9.17, 15) is 15.0 Å². The molecule has 0 saturated carbocycles. The third kappa shape index (κ3) is 3.13. The van der Waals surface area contributed by atoms with Crippen molar-refractivity contribution >= 4 is 14.4 Å². The largest absolute Gasteiger partial charge is 0.387 e. The lowest BCUT2D eigenvalue weighted by molar-refractivity contribution is -0.0525. The summed E-state index contributed by atoms with van der Waals surface area (Å²) in [4.78, 5) is 32.4.